The Hall–Kier alpha value is -1.08. The highest BCUT2D eigenvalue weighted by Gasteiger charge is 2.21. The number of benzene rings is 1. The molecule has 2 heterocycles. The molecule has 2 N–H and O–H groups in total. The minimum absolute atomic E-state index is 0.0774. The highest BCUT2D eigenvalue weighted by molar-refractivity contribution is 7.99. The van der Waals surface area contributed by atoms with E-state index in [0.29, 0.717) is 18.4 Å². The minimum atomic E-state index is -0.399. The number of rotatable bonds is 5. The highest BCUT2D eigenvalue weighted by Crippen LogP contribution is 2.26. The van der Waals surface area contributed by atoms with Gasteiger partial charge in [-0.05, 0) is 30.5 Å². The van der Waals surface area contributed by atoms with E-state index < -0.39 is 6.10 Å². The molecule has 2 aliphatic heterocycles. The van der Waals surface area contributed by atoms with Crippen molar-refractivity contribution < 1.29 is 14.3 Å². The number of amides is 1. The van der Waals surface area contributed by atoms with Gasteiger partial charge in [-0.1, -0.05) is 12.1 Å². The van der Waals surface area contributed by atoms with Crippen molar-refractivity contribution in [2.24, 2.45) is 0 Å². The van der Waals surface area contributed by atoms with E-state index in [0.717, 1.165) is 44.0 Å². The highest BCUT2D eigenvalue weighted by atomic mass is 32.2. The second-order valence-electron chi connectivity index (χ2n) is 5.88. The smallest absolute Gasteiger partial charge is 0.254 e. The summed E-state index contributed by atoms with van der Waals surface area (Å²) in [5.74, 6) is 0.891. The Bertz CT molecular complexity index is 514. The largest absolute Gasteiger partial charge is 0.381 e. The fourth-order valence-corrected chi connectivity index (χ4v) is 3.89. The zero-order valence-electron chi connectivity index (χ0n) is 13.3. The molecular weight excluding hydrogens is 312 g/mol. The molecule has 23 heavy (non-hydrogen) atoms. The maximum Gasteiger partial charge on any atom is 0.254 e. The van der Waals surface area contributed by atoms with Gasteiger partial charge in [0.05, 0.1) is 6.61 Å². The molecule has 0 spiro atoms. The van der Waals surface area contributed by atoms with Crippen molar-refractivity contribution >= 4 is 23.4 Å². The second-order valence-corrected chi connectivity index (χ2v) is 7.16. The van der Waals surface area contributed by atoms with Gasteiger partial charge >= 0.3 is 0 Å². The number of carbonyl (C=O) groups is 1. The molecule has 1 aromatic rings. The van der Waals surface area contributed by atoms with Crippen LogP contribution >= 0.6 is 11.8 Å². The molecule has 1 amide bonds. The molecule has 0 aromatic heterocycles. The molecule has 1 unspecified atom stereocenters. The van der Waals surface area contributed by atoms with Gasteiger partial charge in [-0.3, -0.25) is 4.79 Å². The van der Waals surface area contributed by atoms with E-state index in [9.17, 15) is 4.79 Å². The van der Waals surface area contributed by atoms with Crippen molar-refractivity contribution in [3.8, 4) is 0 Å². The molecule has 0 aliphatic carbocycles. The number of thioether (sulfide) groups is 1. The van der Waals surface area contributed by atoms with Crippen LogP contribution in [-0.4, -0.2) is 50.2 Å². The molecule has 3 rings (SSSR count). The van der Waals surface area contributed by atoms with E-state index in [2.05, 4.69) is 22.8 Å². The van der Waals surface area contributed by atoms with Crippen molar-refractivity contribution in [2.45, 2.75) is 29.9 Å². The van der Waals surface area contributed by atoms with Gasteiger partial charge in [-0.25, -0.2) is 0 Å². The quantitative estimate of drug-likeness (QED) is 0.861. The van der Waals surface area contributed by atoms with Crippen LogP contribution in [0.25, 0.3) is 0 Å². The Morgan fingerprint density at radius 1 is 1.30 bits per heavy atom. The fraction of sp³-hybridized carbons (Fsp3) is 0.588. The Balaban J connectivity index is 1.51. The van der Waals surface area contributed by atoms with E-state index in [1.165, 1.54) is 5.56 Å². The van der Waals surface area contributed by atoms with Crippen LogP contribution in [0.4, 0.5) is 5.69 Å². The number of hydrogen-bond donors (Lipinski definition) is 2. The molecule has 6 heteroatoms. The summed E-state index contributed by atoms with van der Waals surface area (Å²) in [6, 6.07) is 8.09. The zero-order valence-corrected chi connectivity index (χ0v) is 14.1. The summed E-state index contributed by atoms with van der Waals surface area (Å²) >= 11 is 1.98. The summed E-state index contributed by atoms with van der Waals surface area (Å²) in [5, 5.41) is 6.81. The zero-order chi connectivity index (χ0) is 15.9. The first-order valence-corrected chi connectivity index (χ1v) is 9.27. The van der Waals surface area contributed by atoms with Gasteiger partial charge in [-0.15, -0.1) is 0 Å². The van der Waals surface area contributed by atoms with Crippen LogP contribution in [0.1, 0.15) is 18.4 Å². The van der Waals surface area contributed by atoms with Gasteiger partial charge in [0.15, 0.2) is 0 Å². The SMILES string of the molecule is O=C(Nc1cccc(CSC2CCOCC2)c1)C1CNCCO1. The van der Waals surface area contributed by atoms with E-state index in [4.69, 9.17) is 9.47 Å². The number of anilines is 1. The molecule has 0 radical (unpaired) electrons. The summed E-state index contributed by atoms with van der Waals surface area (Å²) in [7, 11) is 0. The average Bonchev–Trinajstić information content (AvgIpc) is 2.62. The maximum atomic E-state index is 12.2. The van der Waals surface area contributed by atoms with Gasteiger partial charge in [-0.2, -0.15) is 11.8 Å². The topological polar surface area (TPSA) is 59.6 Å². The van der Waals surface area contributed by atoms with E-state index in [1.807, 2.05) is 23.9 Å². The normalized spacial score (nSPS) is 22.7. The predicted octanol–water partition coefficient (Wildman–Crippen LogP) is 2.03. The predicted molar refractivity (Wildman–Crippen MR) is 92.8 cm³/mol. The van der Waals surface area contributed by atoms with Gasteiger partial charge in [0, 0.05) is 43.0 Å². The third kappa shape index (κ3) is 5.21. The first kappa shape index (κ1) is 16.8. The third-order valence-corrected chi connectivity index (χ3v) is 5.51. The average molecular weight is 336 g/mol. The lowest BCUT2D eigenvalue weighted by Gasteiger charge is -2.23. The summed E-state index contributed by atoms with van der Waals surface area (Å²) in [6.07, 6.45) is 1.87. The minimum Gasteiger partial charge on any atom is -0.381 e. The van der Waals surface area contributed by atoms with Crippen LogP contribution in [0.5, 0.6) is 0 Å². The molecule has 1 aromatic carbocycles. The van der Waals surface area contributed by atoms with Gasteiger partial charge in [0.2, 0.25) is 0 Å². The number of nitrogens with one attached hydrogen (secondary N) is 2. The van der Waals surface area contributed by atoms with Crippen LogP contribution in [0.15, 0.2) is 24.3 Å². The van der Waals surface area contributed by atoms with Crippen molar-refractivity contribution in [3.05, 3.63) is 29.8 Å². The molecular formula is C17H24N2O3S. The molecule has 5 nitrogen and oxygen atoms in total. The van der Waals surface area contributed by atoms with Gasteiger partial charge in [0.1, 0.15) is 6.10 Å². The fourth-order valence-electron chi connectivity index (χ4n) is 2.75. The second kappa shape index (κ2) is 8.68. The van der Waals surface area contributed by atoms with Crippen molar-refractivity contribution in [1.29, 1.82) is 0 Å². The lowest BCUT2D eigenvalue weighted by atomic mass is 10.2. The van der Waals surface area contributed by atoms with Crippen molar-refractivity contribution in [2.75, 3.05) is 38.2 Å². The molecule has 0 bridgehead atoms. The standard InChI is InChI=1S/C17H24N2O3S/c20-17(16-11-18-6-9-22-16)19-14-3-1-2-13(10-14)12-23-15-4-7-21-8-5-15/h1-3,10,15-16,18H,4-9,11-12H2,(H,19,20). The van der Waals surface area contributed by atoms with E-state index in [1.54, 1.807) is 0 Å². The Labute approximate surface area is 141 Å². The molecule has 2 aliphatic rings. The lowest BCUT2D eigenvalue weighted by molar-refractivity contribution is -0.128. The summed E-state index contributed by atoms with van der Waals surface area (Å²) < 4.78 is 10.9. The van der Waals surface area contributed by atoms with Crippen molar-refractivity contribution in [1.82, 2.24) is 5.32 Å². The van der Waals surface area contributed by atoms with Crippen LogP contribution < -0.4 is 10.6 Å². The molecule has 1 atom stereocenters. The molecule has 2 saturated heterocycles. The molecule has 126 valence electrons. The monoisotopic (exact) mass is 336 g/mol. The molecule has 2 fully saturated rings. The maximum absolute atomic E-state index is 12.2. The van der Waals surface area contributed by atoms with Crippen LogP contribution in [-0.2, 0) is 20.0 Å². The number of ether oxygens (including phenoxy) is 2. The molecule has 0 saturated carbocycles. The third-order valence-electron chi connectivity index (χ3n) is 4.07. The number of morpholine rings is 1. The van der Waals surface area contributed by atoms with E-state index in [-0.39, 0.29) is 5.91 Å². The van der Waals surface area contributed by atoms with Gasteiger partial charge < -0.3 is 20.1 Å². The van der Waals surface area contributed by atoms with Crippen LogP contribution in [0.2, 0.25) is 0 Å². The summed E-state index contributed by atoms with van der Waals surface area (Å²) in [6.45, 7) is 3.72. The van der Waals surface area contributed by atoms with Gasteiger partial charge in [0.25, 0.3) is 5.91 Å². The lowest BCUT2D eigenvalue weighted by Crippen LogP contribution is -2.45. The first-order chi connectivity index (χ1) is 11.3. The summed E-state index contributed by atoms with van der Waals surface area (Å²) in [5.41, 5.74) is 2.08. The Morgan fingerprint density at radius 3 is 2.96 bits per heavy atom. The summed E-state index contributed by atoms with van der Waals surface area (Å²) in [4.78, 5) is 12.2. The first-order valence-electron chi connectivity index (χ1n) is 8.23. The van der Waals surface area contributed by atoms with Crippen LogP contribution in [0.3, 0.4) is 0 Å². The Morgan fingerprint density at radius 2 is 2.17 bits per heavy atom. The number of carbonyl (C=O) groups excluding carboxylic acids is 1. The van der Waals surface area contributed by atoms with Crippen molar-refractivity contribution in [3.63, 3.8) is 0 Å². The van der Waals surface area contributed by atoms with Crippen LogP contribution in [0, 0.1) is 0 Å². The van der Waals surface area contributed by atoms with E-state index >= 15 is 0 Å². The number of hydrogen-bond acceptors (Lipinski definition) is 5. The Kier molecular flexibility index (Phi) is 6.33.